The monoisotopic (exact) mass is 571 g/mol. The number of thioether (sulfide) groups is 1. The van der Waals surface area contributed by atoms with E-state index in [1.165, 1.54) is 27.8 Å². The van der Waals surface area contributed by atoms with Crippen LogP contribution in [0.25, 0.3) is 10.2 Å². The highest BCUT2D eigenvalue weighted by Crippen LogP contribution is 2.35. The number of nitrogens with zero attached hydrogens (tertiary/aromatic N) is 3. The van der Waals surface area contributed by atoms with Crippen LogP contribution in [0, 0.1) is 11.8 Å². The number of carbonyl (C=O) groups is 1. The van der Waals surface area contributed by atoms with Gasteiger partial charge in [-0.1, -0.05) is 45.1 Å². The molecule has 202 valence electrons. The third-order valence-corrected chi connectivity index (χ3v) is 9.50. The van der Waals surface area contributed by atoms with E-state index in [1.54, 1.807) is 41.1 Å². The number of hydrogen-bond acceptors (Lipinski definition) is 7. The number of aromatic nitrogens is 1. The summed E-state index contributed by atoms with van der Waals surface area (Å²) in [7, 11) is -3.69. The summed E-state index contributed by atoms with van der Waals surface area (Å²) < 4.78 is 34.9. The molecule has 0 spiro atoms. The second-order valence-electron chi connectivity index (χ2n) is 9.91. The molecule has 2 aromatic heterocycles. The quantitative estimate of drug-likeness (QED) is 0.185. The highest BCUT2D eigenvalue weighted by molar-refractivity contribution is 7.98. The minimum atomic E-state index is -3.69. The van der Waals surface area contributed by atoms with Crippen LogP contribution >= 0.6 is 23.1 Å². The summed E-state index contributed by atoms with van der Waals surface area (Å²) in [5.74, 6) is 0.733. The second kappa shape index (κ2) is 12.0. The van der Waals surface area contributed by atoms with E-state index in [4.69, 9.17) is 9.40 Å². The summed E-state index contributed by atoms with van der Waals surface area (Å²) >= 11 is 3.05. The number of thiazole rings is 1. The van der Waals surface area contributed by atoms with E-state index in [1.807, 2.05) is 58.2 Å². The Morgan fingerprint density at radius 2 is 1.68 bits per heavy atom. The lowest BCUT2D eigenvalue weighted by atomic mass is 10.2. The van der Waals surface area contributed by atoms with Gasteiger partial charge in [0, 0.05) is 23.5 Å². The molecule has 0 atom stereocenters. The number of benzene rings is 2. The van der Waals surface area contributed by atoms with Gasteiger partial charge in [0.25, 0.3) is 5.91 Å². The summed E-state index contributed by atoms with van der Waals surface area (Å²) in [5, 5.41) is 0.555. The molecular formula is C28H33N3O4S3. The van der Waals surface area contributed by atoms with Crippen molar-refractivity contribution in [2.75, 3.05) is 24.2 Å². The fourth-order valence-electron chi connectivity index (χ4n) is 4.14. The topological polar surface area (TPSA) is 83.7 Å². The molecule has 10 heteroatoms. The predicted molar refractivity (Wildman–Crippen MR) is 155 cm³/mol. The Labute approximate surface area is 232 Å². The molecule has 0 aliphatic rings. The van der Waals surface area contributed by atoms with Gasteiger partial charge in [-0.25, -0.2) is 13.4 Å². The van der Waals surface area contributed by atoms with Crippen LogP contribution in [-0.2, 0) is 16.6 Å². The molecule has 1 amide bonds. The van der Waals surface area contributed by atoms with Gasteiger partial charge in [0.15, 0.2) is 5.13 Å². The standard InChI is InChI=1S/C28H33N3O4S3/c1-19(2)16-30(17-20(3)4)38(33,34)23-13-11-21(12-14-23)27(32)31(18-22-8-7-15-35-22)28-29-26-24(36-5)9-6-10-25(26)37-28/h6-15,19-20H,16-18H2,1-5H3. The van der Waals surface area contributed by atoms with E-state index in [2.05, 4.69) is 0 Å². The first kappa shape index (κ1) is 28.4. The van der Waals surface area contributed by atoms with Crippen LogP contribution in [0.1, 0.15) is 43.8 Å². The predicted octanol–water partition coefficient (Wildman–Crippen LogP) is 6.76. The smallest absolute Gasteiger partial charge is 0.260 e. The number of hydrogen-bond donors (Lipinski definition) is 0. The Morgan fingerprint density at radius 3 is 2.26 bits per heavy atom. The van der Waals surface area contributed by atoms with Crippen molar-refractivity contribution in [2.45, 2.75) is 44.0 Å². The molecule has 0 aliphatic carbocycles. The van der Waals surface area contributed by atoms with Crippen LogP contribution in [-0.4, -0.2) is 43.0 Å². The number of rotatable bonds is 11. The van der Waals surface area contributed by atoms with Gasteiger partial charge in [-0.05, 0) is 66.6 Å². The van der Waals surface area contributed by atoms with Gasteiger partial charge in [-0.3, -0.25) is 9.69 Å². The van der Waals surface area contributed by atoms with Crippen molar-refractivity contribution in [3.05, 3.63) is 72.2 Å². The number of carbonyl (C=O) groups excluding carboxylic acids is 1. The minimum absolute atomic E-state index is 0.178. The van der Waals surface area contributed by atoms with Crippen molar-refractivity contribution in [2.24, 2.45) is 11.8 Å². The van der Waals surface area contributed by atoms with Gasteiger partial charge in [-0.15, -0.1) is 11.8 Å². The fourth-order valence-corrected chi connectivity index (χ4v) is 7.52. The molecule has 38 heavy (non-hydrogen) atoms. The highest BCUT2D eigenvalue weighted by Gasteiger charge is 2.28. The zero-order chi connectivity index (χ0) is 27.4. The van der Waals surface area contributed by atoms with Crippen LogP contribution < -0.4 is 4.90 Å². The van der Waals surface area contributed by atoms with Crippen molar-refractivity contribution < 1.29 is 17.6 Å². The Hall–Kier alpha value is -2.66. The van der Waals surface area contributed by atoms with E-state index in [0.717, 1.165) is 15.1 Å². The van der Waals surface area contributed by atoms with E-state index < -0.39 is 10.0 Å². The number of anilines is 1. The van der Waals surface area contributed by atoms with Gasteiger partial charge >= 0.3 is 0 Å². The summed E-state index contributed by atoms with van der Waals surface area (Å²) in [6.45, 7) is 9.09. The normalized spacial score (nSPS) is 12.2. The maximum atomic E-state index is 13.8. The summed E-state index contributed by atoms with van der Waals surface area (Å²) in [6, 6.07) is 15.8. The molecule has 0 unspecified atom stereocenters. The molecule has 0 N–H and O–H groups in total. The van der Waals surface area contributed by atoms with Crippen LogP contribution in [0.15, 0.2) is 75.1 Å². The Kier molecular flexibility index (Phi) is 8.97. The molecule has 4 aromatic rings. The lowest BCUT2D eigenvalue weighted by Gasteiger charge is -2.25. The first-order valence-corrected chi connectivity index (χ1v) is 16.0. The van der Waals surface area contributed by atoms with Crippen molar-refractivity contribution in [3.8, 4) is 0 Å². The fraction of sp³-hybridized carbons (Fsp3) is 0.357. The van der Waals surface area contributed by atoms with Gasteiger partial charge in [0.1, 0.15) is 5.76 Å². The zero-order valence-corrected chi connectivity index (χ0v) is 24.7. The Morgan fingerprint density at radius 1 is 1.00 bits per heavy atom. The average molecular weight is 572 g/mol. The number of sulfonamides is 1. The summed E-state index contributed by atoms with van der Waals surface area (Å²) in [6.07, 6.45) is 3.57. The van der Waals surface area contributed by atoms with Crippen LogP contribution in [0.3, 0.4) is 0 Å². The lowest BCUT2D eigenvalue weighted by Crippen LogP contribution is -2.37. The molecule has 0 saturated heterocycles. The first-order valence-electron chi connectivity index (χ1n) is 12.5. The van der Waals surface area contributed by atoms with Gasteiger partial charge < -0.3 is 4.42 Å². The first-order chi connectivity index (χ1) is 18.1. The minimum Gasteiger partial charge on any atom is -0.467 e. The Balaban J connectivity index is 1.67. The number of amides is 1. The summed E-state index contributed by atoms with van der Waals surface area (Å²) in [4.78, 5) is 21.4. The highest BCUT2D eigenvalue weighted by atomic mass is 32.2. The SMILES string of the molecule is CSc1cccc2sc(N(Cc3ccco3)C(=O)c3ccc(S(=O)(=O)N(CC(C)C)CC(C)C)cc3)nc12. The van der Waals surface area contributed by atoms with E-state index in [9.17, 15) is 13.2 Å². The third-order valence-electron chi connectivity index (χ3n) is 5.84. The van der Waals surface area contributed by atoms with Gasteiger partial charge in [0.2, 0.25) is 10.0 Å². The second-order valence-corrected chi connectivity index (χ2v) is 13.7. The molecule has 0 bridgehead atoms. The van der Waals surface area contributed by atoms with Crippen LogP contribution in [0.2, 0.25) is 0 Å². The molecule has 2 aromatic carbocycles. The molecule has 2 heterocycles. The van der Waals surface area contributed by atoms with Crippen molar-refractivity contribution in [1.82, 2.24) is 9.29 Å². The molecule has 4 rings (SSSR count). The molecule has 7 nitrogen and oxygen atoms in total. The van der Waals surface area contributed by atoms with E-state index in [-0.39, 0.29) is 29.2 Å². The van der Waals surface area contributed by atoms with Crippen molar-refractivity contribution >= 4 is 54.4 Å². The number of para-hydroxylation sites is 1. The number of furan rings is 1. The molecule has 0 fully saturated rings. The number of fused-ring (bicyclic) bond motifs is 1. The van der Waals surface area contributed by atoms with Crippen LogP contribution in [0.4, 0.5) is 5.13 Å². The van der Waals surface area contributed by atoms with Gasteiger partial charge in [0.05, 0.1) is 27.9 Å². The molecule has 0 radical (unpaired) electrons. The average Bonchev–Trinajstić information content (AvgIpc) is 3.55. The van der Waals surface area contributed by atoms with E-state index >= 15 is 0 Å². The van der Waals surface area contributed by atoms with Crippen molar-refractivity contribution in [3.63, 3.8) is 0 Å². The maximum Gasteiger partial charge on any atom is 0.260 e. The lowest BCUT2D eigenvalue weighted by molar-refractivity contribution is 0.0983. The molecule has 0 saturated carbocycles. The maximum absolute atomic E-state index is 13.8. The largest absolute Gasteiger partial charge is 0.467 e. The molecule has 0 aliphatic heterocycles. The zero-order valence-electron chi connectivity index (χ0n) is 22.2. The van der Waals surface area contributed by atoms with Crippen LogP contribution in [0.5, 0.6) is 0 Å². The van der Waals surface area contributed by atoms with Crippen molar-refractivity contribution in [1.29, 1.82) is 0 Å². The van der Waals surface area contributed by atoms with E-state index in [0.29, 0.717) is 29.5 Å². The molecular weight excluding hydrogens is 539 g/mol. The third kappa shape index (κ3) is 6.31. The Bertz CT molecular complexity index is 1470. The summed E-state index contributed by atoms with van der Waals surface area (Å²) in [5.41, 5.74) is 1.23. The van der Waals surface area contributed by atoms with Gasteiger partial charge in [-0.2, -0.15) is 4.31 Å².